The maximum atomic E-state index is 13.8. The molecule has 3 N–H and O–H groups in total. The Morgan fingerprint density at radius 1 is 0.824 bits per heavy atom. The second-order valence-corrected chi connectivity index (χ2v) is 13.5. The quantitative estimate of drug-likeness (QED) is 0.0856. The number of amides is 3. The molecule has 254 valence electrons. The SMILES string of the molecule is COc1ccc(-c2csc(NC(=O)C(Sc3cccc(NC(=O)/C(=C/c4ccc(Cl)cc4)NC(=O)c4ccccc4)c3)c3ccccc3)n2)cc1. The van der Waals surface area contributed by atoms with Crippen LogP contribution < -0.4 is 20.7 Å². The molecule has 6 aromatic rings. The van der Waals surface area contributed by atoms with E-state index >= 15 is 0 Å². The highest BCUT2D eigenvalue weighted by Crippen LogP contribution is 2.38. The lowest BCUT2D eigenvalue weighted by molar-refractivity contribution is -0.116. The maximum Gasteiger partial charge on any atom is 0.272 e. The van der Waals surface area contributed by atoms with Crippen LogP contribution in [0.4, 0.5) is 10.8 Å². The van der Waals surface area contributed by atoms with Gasteiger partial charge in [-0.1, -0.05) is 78.3 Å². The molecule has 0 radical (unpaired) electrons. The zero-order valence-corrected chi connectivity index (χ0v) is 29.6. The molecule has 0 spiro atoms. The summed E-state index contributed by atoms with van der Waals surface area (Å²) in [6.07, 6.45) is 1.58. The molecule has 0 saturated carbocycles. The van der Waals surface area contributed by atoms with Gasteiger partial charge < -0.3 is 20.7 Å². The van der Waals surface area contributed by atoms with Gasteiger partial charge in [-0.05, 0) is 83.9 Å². The lowest BCUT2D eigenvalue weighted by Gasteiger charge is -2.17. The minimum Gasteiger partial charge on any atom is -0.497 e. The van der Waals surface area contributed by atoms with Crippen molar-refractivity contribution in [2.24, 2.45) is 0 Å². The molecule has 0 aliphatic carbocycles. The molecule has 51 heavy (non-hydrogen) atoms. The number of thiazole rings is 1. The molecule has 1 atom stereocenters. The van der Waals surface area contributed by atoms with E-state index in [1.807, 2.05) is 72.1 Å². The van der Waals surface area contributed by atoms with Gasteiger partial charge in [0.05, 0.1) is 12.8 Å². The summed E-state index contributed by atoms with van der Waals surface area (Å²) in [5.41, 5.74) is 4.07. The van der Waals surface area contributed by atoms with E-state index in [-0.39, 0.29) is 11.6 Å². The van der Waals surface area contributed by atoms with Crippen LogP contribution in [0.5, 0.6) is 5.75 Å². The van der Waals surface area contributed by atoms with E-state index in [9.17, 15) is 14.4 Å². The van der Waals surface area contributed by atoms with Crippen molar-refractivity contribution in [3.63, 3.8) is 0 Å². The average molecular weight is 731 g/mol. The Balaban J connectivity index is 1.20. The van der Waals surface area contributed by atoms with Crippen molar-refractivity contribution < 1.29 is 19.1 Å². The Morgan fingerprint density at radius 3 is 2.24 bits per heavy atom. The molecule has 6 rings (SSSR count). The fraction of sp³-hybridized carbons (Fsp3) is 0.0500. The molecule has 8 nitrogen and oxygen atoms in total. The molecule has 3 amide bonds. The smallest absolute Gasteiger partial charge is 0.272 e. The highest BCUT2D eigenvalue weighted by Gasteiger charge is 2.24. The van der Waals surface area contributed by atoms with Crippen LogP contribution in [0.2, 0.25) is 5.02 Å². The van der Waals surface area contributed by atoms with Gasteiger partial charge in [-0.15, -0.1) is 23.1 Å². The number of benzene rings is 5. The molecule has 1 unspecified atom stereocenters. The lowest BCUT2D eigenvalue weighted by Crippen LogP contribution is -2.30. The van der Waals surface area contributed by atoms with Gasteiger partial charge in [-0.25, -0.2) is 4.98 Å². The van der Waals surface area contributed by atoms with E-state index in [4.69, 9.17) is 16.3 Å². The summed E-state index contributed by atoms with van der Waals surface area (Å²) in [5.74, 6) is -0.444. The van der Waals surface area contributed by atoms with Gasteiger partial charge in [0.15, 0.2) is 5.13 Å². The van der Waals surface area contributed by atoms with E-state index < -0.39 is 17.1 Å². The number of aromatic nitrogens is 1. The summed E-state index contributed by atoms with van der Waals surface area (Å²) in [6, 6.07) is 39.8. The highest BCUT2D eigenvalue weighted by molar-refractivity contribution is 8.00. The second kappa shape index (κ2) is 16.8. The number of carbonyl (C=O) groups excluding carboxylic acids is 3. The molecule has 1 aromatic heterocycles. The van der Waals surface area contributed by atoms with E-state index in [1.54, 1.807) is 79.9 Å². The Hall–Kier alpha value is -5.68. The minimum atomic E-state index is -0.629. The predicted octanol–water partition coefficient (Wildman–Crippen LogP) is 9.35. The van der Waals surface area contributed by atoms with Crippen molar-refractivity contribution in [1.29, 1.82) is 0 Å². The first-order valence-corrected chi connectivity index (χ1v) is 17.9. The van der Waals surface area contributed by atoms with Crippen LogP contribution in [-0.4, -0.2) is 29.8 Å². The normalized spacial score (nSPS) is 11.7. The van der Waals surface area contributed by atoms with Crippen LogP contribution >= 0.6 is 34.7 Å². The molecular formula is C40H31ClN4O4S2. The van der Waals surface area contributed by atoms with Crippen LogP contribution in [0, 0.1) is 0 Å². The largest absolute Gasteiger partial charge is 0.497 e. The number of methoxy groups -OCH3 is 1. The third kappa shape index (κ3) is 9.52. The summed E-state index contributed by atoms with van der Waals surface area (Å²) in [6.45, 7) is 0. The van der Waals surface area contributed by atoms with E-state index in [0.29, 0.717) is 27.0 Å². The van der Waals surface area contributed by atoms with Gasteiger partial charge in [0.2, 0.25) is 5.91 Å². The van der Waals surface area contributed by atoms with Crippen molar-refractivity contribution in [2.75, 3.05) is 17.7 Å². The number of anilines is 2. The number of nitrogens with one attached hydrogen (secondary N) is 3. The molecule has 0 aliphatic heterocycles. The van der Waals surface area contributed by atoms with Gasteiger partial charge in [0.1, 0.15) is 16.7 Å². The predicted molar refractivity (Wildman–Crippen MR) is 206 cm³/mol. The van der Waals surface area contributed by atoms with Crippen LogP contribution in [0.25, 0.3) is 17.3 Å². The van der Waals surface area contributed by atoms with Gasteiger partial charge in [0.25, 0.3) is 11.8 Å². The summed E-state index contributed by atoms with van der Waals surface area (Å²) in [5, 5.41) is 10.9. The highest BCUT2D eigenvalue weighted by atomic mass is 35.5. The van der Waals surface area contributed by atoms with Gasteiger partial charge >= 0.3 is 0 Å². The summed E-state index contributed by atoms with van der Waals surface area (Å²) in [4.78, 5) is 45.9. The van der Waals surface area contributed by atoms with Crippen LogP contribution in [0.1, 0.15) is 26.7 Å². The average Bonchev–Trinajstić information content (AvgIpc) is 3.63. The molecule has 0 saturated heterocycles. The first-order chi connectivity index (χ1) is 24.8. The number of rotatable bonds is 12. The Bertz CT molecular complexity index is 2160. The van der Waals surface area contributed by atoms with Gasteiger partial charge in [0, 0.05) is 32.1 Å². The summed E-state index contributed by atoms with van der Waals surface area (Å²) in [7, 11) is 1.62. The van der Waals surface area contributed by atoms with Crippen molar-refractivity contribution in [3.8, 4) is 17.0 Å². The third-order valence-corrected chi connectivity index (χ3v) is 9.77. The molecule has 11 heteroatoms. The van der Waals surface area contributed by atoms with Gasteiger partial charge in [-0.2, -0.15) is 0 Å². The van der Waals surface area contributed by atoms with Crippen molar-refractivity contribution in [1.82, 2.24) is 10.3 Å². The van der Waals surface area contributed by atoms with E-state index in [0.717, 1.165) is 27.5 Å². The van der Waals surface area contributed by atoms with Crippen molar-refractivity contribution >= 4 is 69.3 Å². The molecule has 0 aliphatic rings. The number of thioether (sulfide) groups is 1. The summed E-state index contributed by atoms with van der Waals surface area (Å²) < 4.78 is 5.25. The monoisotopic (exact) mass is 730 g/mol. The Labute approximate surface area is 308 Å². The maximum absolute atomic E-state index is 13.8. The number of ether oxygens (including phenoxy) is 1. The summed E-state index contributed by atoms with van der Waals surface area (Å²) >= 11 is 8.75. The van der Waals surface area contributed by atoms with Crippen LogP contribution in [0.3, 0.4) is 0 Å². The van der Waals surface area contributed by atoms with Crippen LogP contribution in [0.15, 0.2) is 149 Å². The zero-order chi connectivity index (χ0) is 35.6. The first-order valence-electron chi connectivity index (χ1n) is 15.7. The topological polar surface area (TPSA) is 109 Å². The lowest BCUT2D eigenvalue weighted by atomic mass is 10.1. The van der Waals surface area contributed by atoms with E-state index in [1.165, 1.54) is 23.1 Å². The fourth-order valence-corrected chi connectivity index (χ4v) is 6.88. The third-order valence-electron chi connectivity index (χ3n) is 7.52. The molecule has 1 heterocycles. The Morgan fingerprint density at radius 2 is 1.53 bits per heavy atom. The number of halogens is 1. The minimum absolute atomic E-state index is 0.0447. The van der Waals surface area contributed by atoms with Crippen molar-refractivity contribution in [3.05, 3.63) is 166 Å². The fourth-order valence-electron chi connectivity index (χ4n) is 4.95. The molecule has 0 bridgehead atoms. The van der Waals surface area contributed by atoms with E-state index in [2.05, 4.69) is 20.9 Å². The van der Waals surface area contributed by atoms with Gasteiger partial charge in [-0.3, -0.25) is 14.4 Å². The molecule has 5 aromatic carbocycles. The number of hydrogen-bond donors (Lipinski definition) is 3. The number of nitrogens with zero attached hydrogens (tertiary/aromatic N) is 1. The standard InChI is InChI=1S/C40H31ClN4O4S2/c1-49-32-21-17-27(18-22-32)35-25-50-40(44-35)45-39(48)36(28-9-4-2-5-10-28)51-33-14-8-13-31(24-33)42-38(47)34(23-26-15-19-30(41)20-16-26)43-37(46)29-11-6-3-7-12-29/h2-25,36H,1H3,(H,42,47)(H,43,46)(H,44,45,48)/b34-23-. The second-order valence-electron chi connectivity index (χ2n) is 11.1. The van der Waals surface area contributed by atoms with Crippen molar-refractivity contribution in [2.45, 2.75) is 10.1 Å². The Kier molecular flexibility index (Phi) is 11.6. The first kappa shape index (κ1) is 35.2. The molecule has 0 fully saturated rings. The number of hydrogen-bond acceptors (Lipinski definition) is 7. The zero-order valence-electron chi connectivity index (χ0n) is 27.2. The molecular weight excluding hydrogens is 700 g/mol. The number of carbonyl (C=O) groups is 3. The van der Waals surface area contributed by atoms with Crippen LogP contribution in [-0.2, 0) is 9.59 Å².